The van der Waals surface area contributed by atoms with E-state index in [1.165, 1.54) is 11.8 Å². The number of imidazole rings is 1. The lowest BCUT2D eigenvalue weighted by Crippen LogP contribution is -2.24. The monoisotopic (exact) mass is 438 g/mol. The first-order chi connectivity index (χ1) is 14.5. The molecule has 2 aromatic heterocycles. The number of hydrogen-bond donors (Lipinski definition) is 2. The molecule has 0 bridgehead atoms. The van der Waals surface area contributed by atoms with Crippen LogP contribution in [-0.4, -0.2) is 31.3 Å². The van der Waals surface area contributed by atoms with Gasteiger partial charge in [-0.25, -0.2) is 4.98 Å². The van der Waals surface area contributed by atoms with Gasteiger partial charge in [-0.1, -0.05) is 53.7 Å². The van der Waals surface area contributed by atoms with Crippen molar-refractivity contribution < 1.29 is 9.90 Å². The van der Waals surface area contributed by atoms with Crippen molar-refractivity contribution in [2.24, 2.45) is 7.05 Å². The minimum Gasteiger partial charge on any atom is -0.505 e. The quantitative estimate of drug-likeness (QED) is 0.436. The van der Waals surface area contributed by atoms with Crippen LogP contribution >= 0.6 is 23.4 Å². The Morgan fingerprint density at radius 3 is 2.80 bits per heavy atom. The number of aromatic hydroxyl groups is 1. The number of benzene rings is 2. The number of pyridine rings is 1. The van der Waals surface area contributed by atoms with E-state index in [0.717, 1.165) is 16.4 Å². The first-order valence-electron chi connectivity index (χ1n) is 9.26. The summed E-state index contributed by atoms with van der Waals surface area (Å²) in [5, 5.41) is 15.2. The lowest BCUT2D eigenvalue weighted by molar-refractivity contribution is -0.118. The summed E-state index contributed by atoms with van der Waals surface area (Å²) >= 11 is 7.64. The molecule has 2 N–H and O–H groups in total. The maximum Gasteiger partial charge on any atom is 0.230 e. The molecule has 0 saturated heterocycles. The average Bonchev–Trinajstić information content (AvgIpc) is 3.14. The van der Waals surface area contributed by atoms with Crippen LogP contribution in [0.15, 0.2) is 66.1 Å². The molecule has 8 heteroatoms. The molecule has 30 heavy (non-hydrogen) atoms. The third kappa shape index (κ3) is 4.13. The van der Waals surface area contributed by atoms with Crippen molar-refractivity contribution >= 4 is 40.2 Å². The zero-order valence-corrected chi connectivity index (χ0v) is 17.7. The first kappa shape index (κ1) is 20.3. The van der Waals surface area contributed by atoms with Crippen LogP contribution in [0.4, 0.5) is 0 Å². The predicted molar refractivity (Wildman–Crippen MR) is 120 cm³/mol. The van der Waals surface area contributed by atoms with Crippen LogP contribution in [-0.2, 0) is 18.4 Å². The van der Waals surface area contributed by atoms with Gasteiger partial charge in [0, 0.05) is 30.7 Å². The topological polar surface area (TPSA) is 80.0 Å². The molecule has 0 aliphatic rings. The zero-order valence-electron chi connectivity index (χ0n) is 16.2. The number of halogens is 1. The molecule has 4 rings (SSSR count). The van der Waals surface area contributed by atoms with Crippen molar-refractivity contribution in [3.05, 3.63) is 71.5 Å². The first-order valence-corrected chi connectivity index (χ1v) is 10.6. The second-order valence-corrected chi connectivity index (χ2v) is 8.03. The third-order valence-electron chi connectivity index (χ3n) is 4.72. The minimum absolute atomic E-state index is 0.0274. The van der Waals surface area contributed by atoms with Crippen molar-refractivity contribution in [3.63, 3.8) is 0 Å². The van der Waals surface area contributed by atoms with E-state index in [1.807, 2.05) is 41.9 Å². The highest BCUT2D eigenvalue weighted by Gasteiger charge is 2.14. The van der Waals surface area contributed by atoms with Gasteiger partial charge in [0.1, 0.15) is 11.3 Å². The van der Waals surface area contributed by atoms with Gasteiger partial charge in [0.15, 0.2) is 5.16 Å². The number of carbonyl (C=O) groups excluding carboxylic acids is 1. The standard InChI is InChI=1S/C22H19ClN4O2S/c1-27-18(14-6-3-2-4-7-14)12-26-22(27)30-13-19(28)25-11-15-10-17(23)16-8-5-9-24-20(16)21(15)29/h2-10,12,29H,11,13H2,1H3,(H,25,28). The summed E-state index contributed by atoms with van der Waals surface area (Å²) in [6.45, 7) is 0.160. The number of amides is 1. The van der Waals surface area contributed by atoms with Crippen molar-refractivity contribution in [1.82, 2.24) is 19.9 Å². The molecule has 2 heterocycles. The van der Waals surface area contributed by atoms with Crippen LogP contribution in [0.1, 0.15) is 5.56 Å². The Bertz CT molecular complexity index is 1210. The molecule has 0 atom stereocenters. The van der Waals surface area contributed by atoms with E-state index in [1.54, 1.807) is 30.6 Å². The van der Waals surface area contributed by atoms with E-state index in [0.29, 0.717) is 21.5 Å². The number of phenolic OH excluding ortho intramolecular Hbond substituents is 1. The van der Waals surface area contributed by atoms with E-state index in [-0.39, 0.29) is 24.0 Å². The summed E-state index contributed by atoms with van der Waals surface area (Å²) in [5.41, 5.74) is 3.00. The fourth-order valence-electron chi connectivity index (χ4n) is 3.15. The van der Waals surface area contributed by atoms with Crippen LogP contribution < -0.4 is 5.32 Å². The van der Waals surface area contributed by atoms with Crippen LogP contribution in [0, 0.1) is 0 Å². The highest BCUT2D eigenvalue weighted by molar-refractivity contribution is 7.99. The van der Waals surface area contributed by atoms with E-state index < -0.39 is 0 Å². The summed E-state index contributed by atoms with van der Waals surface area (Å²) in [4.78, 5) is 20.9. The molecule has 2 aromatic carbocycles. The highest BCUT2D eigenvalue weighted by Crippen LogP contribution is 2.32. The number of carbonyl (C=O) groups is 1. The Hall–Kier alpha value is -3.03. The number of phenols is 1. The molecule has 6 nitrogen and oxygen atoms in total. The van der Waals surface area contributed by atoms with E-state index >= 15 is 0 Å². The molecule has 152 valence electrons. The van der Waals surface area contributed by atoms with Crippen LogP contribution in [0.2, 0.25) is 5.02 Å². The molecule has 0 fully saturated rings. The lowest BCUT2D eigenvalue weighted by Gasteiger charge is -2.10. The third-order valence-corrected chi connectivity index (χ3v) is 6.07. The summed E-state index contributed by atoms with van der Waals surface area (Å²) in [6, 6.07) is 15.2. The summed E-state index contributed by atoms with van der Waals surface area (Å²) in [6.07, 6.45) is 3.39. The highest BCUT2D eigenvalue weighted by atomic mass is 35.5. The maximum atomic E-state index is 12.3. The summed E-state index contributed by atoms with van der Waals surface area (Å²) < 4.78 is 1.97. The Morgan fingerprint density at radius 1 is 1.20 bits per heavy atom. The number of thioether (sulfide) groups is 1. The van der Waals surface area contributed by atoms with Gasteiger partial charge in [-0.05, 0) is 23.8 Å². The SMILES string of the molecule is Cn1c(-c2ccccc2)cnc1SCC(=O)NCc1cc(Cl)c2cccnc2c1O. The van der Waals surface area contributed by atoms with Gasteiger partial charge in [-0.2, -0.15) is 0 Å². The average molecular weight is 439 g/mol. The van der Waals surface area contributed by atoms with E-state index in [2.05, 4.69) is 15.3 Å². The summed E-state index contributed by atoms with van der Waals surface area (Å²) in [5.74, 6) is 0.0693. The Kier molecular flexibility index (Phi) is 5.92. The number of aromatic nitrogens is 3. The molecule has 0 unspecified atom stereocenters. The molecular weight excluding hydrogens is 420 g/mol. The Labute approximate surface area is 182 Å². The number of fused-ring (bicyclic) bond motifs is 1. The smallest absolute Gasteiger partial charge is 0.230 e. The van der Waals surface area contributed by atoms with Gasteiger partial charge in [0.25, 0.3) is 0 Å². The fourth-order valence-corrected chi connectivity index (χ4v) is 4.22. The molecule has 1 amide bonds. The maximum absolute atomic E-state index is 12.3. The Balaban J connectivity index is 1.39. The molecule has 4 aromatic rings. The second-order valence-electron chi connectivity index (χ2n) is 6.68. The van der Waals surface area contributed by atoms with Gasteiger partial charge in [-0.3, -0.25) is 9.78 Å². The van der Waals surface area contributed by atoms with Gasteiger partial charge in [-0.15, -0.1) is 0 Å². The number of hydrogen-bond acceptors (Lipinski definition) is 5. The Morgan fingerprint density at radius 2 is 2.00 bits per heavy atom. The van der Waals surface area contributed by atoms with Gasteiger partial charge in [0.05, 0.1) is 22.7 Å². The van der Waals surface area contributed by atoms with Crippen molar-refractivity contribution in [2.75, 3.05) is 5.75 Å². The van der Waals surface area contributed by atoms with Gasteiger partial charge >= 0.3 is 0 Å². The molecule has 0 aliphatic carbocycles. The van der Waals surface area contributed by atoms with Crippen molar-refractivity contribution in [2.45, 2.75) is 11.7 Å². The number of nitrogens with one attached hydrogen (secondary N) is 1. The van der Waals surface area contributed by atoms with Gasteiger partial charge in [0.2, 0.25) is 5.91 Å². The van der Waals surface area contributed by atoms with E-state index in [4.69, 9.17) is 11.6 Å². The van der Waals surface area contributed by atoms with Gasteiger partial charge < -0.3 is 15.0 Å². The minimum atomic E-state index is -0.166. The lowest BCUT2D eigenvalue weighted by atomic mass is 10.1. The van der Waals surface area contributed by atoms with Crippen LogP contribution in [0.25, 0.3) is 22.2 Å². The van der Waals surface area contributed by atoms with E-state index in [9.17, 15) is 9.90 Å². The number of nitrogens with zero attached hydrogens (tertiary/aromatic N) is 3. The van der Waals surface area contributed by atoms with Crippen LogP contribution in [0.3, 0.4) is 0 Å². The molecule has 0 spiro atoms. The second kappa shape index (κ2) is 8.77. The predicted octanol–water partition coefficient (Wildman–Crippen LogP) is 4.40. The molecular formula is C22H19ClN4O2S. The summed E-state index contributed by atoms with van der Waals surface area (Å²) in [7, 11) is 1.93. The molecule has 0 aliphatic heterocycles. The zero-order chi connectivity index (χ0) is 21.1. The van der Waals surface area contributed by atoms with Crippen molar-refractivity contribution in [3.8, 4) is 17.0 Å². The number of rotatable bonds is 6. The van der Waals surface area contributed by atoms with Crippen LogP contribution in [0.5, 0.6) is 5.75 Å². The largest absolute Gasteiger partial charge is 0.505 e. The molecule has 0 saturated carbocycles. The normalized spacial score (nSPS) is 11.0. The van der Waals surface area contributed by atoms with Crippen molar-refractivity contribution in [1.29, 1.82) is 0 Å². The fraction of sp³-hybridized carbons (Fsp3) is 0.136. The molecule has 0 radical (unpaired) electrons.